The third-order valence-corrected chi connectivity index (χ3v) is 3.25. The number of azo groups is 1. The maximum absolute atomic E-state index is 5.81. The molecule has 0 heterocycles. The lowest BCUT2D eigenvalue weighted by atomic mass is 10.2. The molecule has 0 saturated heterocycles. The third-order valence-electron chi connectivity index (χ3n) is 3.25. The largest absolute Gasteiger partial charge is 0.494 e. The number of nitrogens with zero attached hydrogens (tertiary/aromatic N) is 2. The standard InChI is InChI=1S/C16H20N4O4/c1-21-11-5-9(17)6-12(22-2)15(11)19-20-16-13(23-3)7-10(18)8-14(16)24-4/h5-8H,17-18H2,1-4H3. The first-order valence-corrected chi connectivity index (χ1v) is 6.98. The monoisotopic (exact) mass is 332 g/mol. The van der Waals surface area contributed by atoms with E-state index in [1.165, 1.54) is 28.4 Å². The number of methoxy groups -OCH3 is 4. The lowest BCUT2D eigenvalue weighted by molar-refractivity contribution is 0.394. The van der Waals surface area contributed by atoms with Gasteiger partial charge in [0.2, 0.25) is 0 Å². The van der Waals surface area contributed by atoms with Crippen molar-refractivity contribution >= 4 is 22.7 Å². The fourth-order valence-electron chi connectivity index (χ4n) is 2.12. The van der Waals surface area contributed by atoms with Crippen LogP contribution < -0.4 is 30.4 Å². The van der Waals surface area contributed by atoms with Gasteiger partial charge >= 0.3 is 0 Å². The van der Waals surface area contributed by atoms with Crippen molar-refractivity contribution < 1.29 is 18.9 Å². The van der Waals surface area contributed by atoms with Crippen molar-refractivity contribution in [1.82, 2.24) is 0 Å². The number of anilines is 2. The van der Waals surface area contributed by atoms with Gasteiger partial charge in [-0.3, -0.25) is 0 Å². The SMILES string of the molecule is COc1cc(N)cc(OC)c1N=Nc1c(OC)cc(N)cc1OC. The fourth-order valence-corrected chi connectivity index (χ4v) is 2.12. The summed E-state index contributed by atoms with van der Waals surface area (Å²) in [6.45, 7) is 0. The highest BCUT2D eigenvalue weighted by molar-refractivity contribution is 5.70. The second-order valence-electron chi connectivity index (χ2n) is 4.75. The Kier molecular flexibility index (Phi) is 5.31. The molecule has 2 aromatic rings. The van der Waals surface area contributed by atoms with Gasteiger partial charge in [0.05, 0.1) is 28.4 Å². The fraction of sp³-hybridized carbons (Fsp3) is 0.250. The molecule has 0 fully saturated rings. The van der Waals surface area contributed by atoms with E-state index in [2.05, 4.69) is 10.2 Å². The molecular weight excluding hydrogens is 312 g/mol. The first kappa shape index (κ1) is 17.2. The number of hydrogen-bond acceptors (Lipinski definition) is 8. The molecule has 0 unspecified atom stereocenters. The minimum absolute atomic E-state index is 0.398. The molecule has 4 N–H and O–H groups in total. The first-order valence-electron chi connectivity index (χ1n) is 6.98. The maximum atomic E-state index is 5.81. The number of hydrogen-bond donors (Lipinski definition) is 2. The van der Waals surface area contributed by atoms with Gasteiger partial charge in [0.15, 0.2) is 34.4 Å². The van der Waals surface area contributed by atoms with Gasteiger partial charge in [-0.05, 0) is 0 Å². The molecule has 0 aliphatic rings. The van der Waals surface area contributed by atoms with E-state index in [4.69, 9.17) is 30.4 Å². The van der Waals surface area contributed by atoms with Crippen molar-refractivity contribution in [2.75, 3.05) is 39.9 Å². The van der Waals surface area contributed by atoms with Gasteiger partial charge in [-0.1, -0.05) is 0 Å². The van der Waals surface area contributed by atoms with Crippen LogP contribution in [0.2, 0.25) is 0 Å². The highest BCUT2D eigenvalue weighted by atomic mass is 16.5. The van der Waals surface area contributed by atoms with Crippen LogP contribution in [0.25, 0.3) is 0 Å². The molecule has 0 aliphatic carbocycles. The van der Waals surface area contributed by atoms with Crippen LogP contribution in [0.5, 0.6) is 23.0 Å². The zero-order valence-corrected chi connectivity index (χ0v) is 14.0. The van der Waals surface area contributed by atoms with Gasteiger partial charge in [0.1, 0.15) is 0 Å². The maximum Gasteiger partial charge on any atom is 0.170 e. The van der Waals surface area contributed by atoms with Crippen LogP contribution in [0.15, 0.2) is 34.5 Å². The predicted octanol–water partition coefficient (Wildman–Crippen LogP) is 3.30. The summed E-state index contributed by atoms with van der Waals surface area (Å²) in [5.41, 5.74) is 13.4. The Morgan fingerprint density at radius 2 is 0.833 bits per heavy atom. The second-order valence-corrected chi connectivity index (χ2v) is 4.75. The minimum Gasteiger partial charge on any atom is -0.494 e. The Labute approximate surface area is 140 Å². The number of rotatable bonds is 6. The number of benzene rings is 2. The molecule has 0 amide bonds. The van der Waals surface area contributed by atoms with E-state index in [0.717, 1.165) is 0 Å². The molecule has 0 aliphatic heterocycles. The second kappa shape index (κ2) is 7.40. The highest BCUT2D eigenvalue weighted by Crippen LogP contribution is 2.44. The van der Waals surface area contributed by atoms with Gasteiger partial charge < -0.3 is 30.4 Å². The lowest BCUT2D eigenvalue weighted by Gasteiger charge is -2.12. The molecule has 0 aromatic heterocycles. The Bertz CT molecular complexity index is 648. The number of ether oxygens (including phenoxy) is 4. The highest BCUT2D eigenvalue weighted by Gasteiger charge is 2.14. The molecule has 128 valence electrons. The summed E-state index contributed by atoms with van der Waals surface area (Å²) >= 11 is 0. The van der Waals surface area contributed by atoms with Crippen LogP contribution in [-0.4, -0.2) is 28.4 Å². The van der Waals surface area contributed by atoms with Gasteiger partial charge in [0.25, 0.3) is 0 Å². The van der Waals surface area contributed by atoms with Crippen LogP contribution in [-0.2, 0) is 0 Å². The summed E-state index contributed by atoms with van der Waals surface area (Å²) < 4.78 is 21.2. The smallest absolute Gasteiger partial charge is 0.170 e. The topological polar surface area (TPSA) is 114 Å². The molecule has 24 heavy (non-hydrogen) atoms. The van der Waals surface area contributed by atoms with E-state index in [1.807, 2.05) is 0 Å². The summed E-state index contributed by atoms with van der Waals surface area (Å²) in [5, 5.41) is 8.45. The van der Waals surface area contributed by atoms with E-state index >= 15 is 0 Å². The summed E-state index contributed by atoms with van der Waals surface area (Å²) in [7, 11) is 6.05. The van der Waals surface area contributed by atoms with Crippen LogP contribution >= 0.6 is 0 Å². The molecule has 0 radical (unpaired) electrons. The van der Waals surface area contributed by atoms with Gasteiger partial charge in [-0.2, -0.15) is 0 Å². The molecule has 2 rings (SSSR count). The number of nitrogens with two attached hydrogens (primary N) is 2. The van der Waals surface area contributed by atoms with Crippen molar-refractivity contribution in [3.63, 3.8) is 0 Å². The quantitative estimate of drug-likeness (QED) is 0.619. The van der Waals surface area contributed by atoms with Crippen molar-refractivity contribution in [3.05, 3.63) is 24.3 Å². The summed E-state index contributed by atoms with van der Waals surface area (Å²) in [4.78, 5) is 0. The van der Waals surface area contributed by atoms with E-state index < -0.39 is 0 Å². The molecule has 8 heteroatoms. The average Bonchev–Trinajstić information content (AvgIpc) is 2.59. The Morgan fingerprint density at radius 3 is 1.04 bits per heavy atom. The van der Waals surface area contributed by atoms with Gasteiger partial charge in [-0.25, -0.2) is 0 Å². The average molecular weight is 332 g/mol. The summed E-state index contributed by atoms with van der Waals surface area (Å²) in [5.74, 6) is 1.74. The lowest BCUT2D eigenvalue weighted by Crippen LogP contribution is -1.93. The molecule has 2 aromatic carbocycles. The summed E-state index contributed by atoms with van der Waals surface area (Å²) in [6, 6.07) is 6.53. The van der Waals surface area contributed by atoms with Gasteiger partial charge in [0, 0.05) is 35.6 Å². The van der Waals surface area contributed by atoms with Gasteiger partial charge in [-0.15, -0.1) is 10.2 Å². The predicted molar refractivity (Wildman–Crippen MR) is 92.1 cm³/mol. The number of nitrogen functional groups attached to an aromatic ring is 2. The molecule has 0 saturated carbocycles. The molecule has 8 nitrogen and oxygen atoms in total. The van der Waals surface area contributed by atoms with Crippen molar-refractivity contribution in [1.29, 1.82) is 0 Å². The van der Waals surface area contributed by atoms with Crippen LogP contribution in [0, 0.1) is 0 Å². The Morgan fingerprint density at radius 1 is 0.583 bits per heavy atom. The van der Waals surface area contributed by atoms with E-state index in [-0.39, 0.29) is 0 Å². The zero-order valence-electron chi connectivity index (χ0n) is 14.0. The Hall–Kier alpha value is -3.16. The van der Waals surface area contributed by atoms with Crippen molar-refractivity contribution in [2.45, 2.75) is 0 Å². The van der Waals surface area contributed by atoms with E-state index in [1.54, 1.807) is 24.3 Å². The Balaban J connectivity index is 2.56. The van der Waals surface area contributed by atoms with Crippen LogP contribution in [0.4, 0.5) is 22.7 Å². The van der Waals surface area contributed by atoms with Crippen LogP contribution in [0.1, 0.15) is 0 Å². The van der Waals surface area contributed by atoms with E-state index in [0.29, 0.717) is 45.7 Å². The summed E-state index contributed by atoms with van der Waals surface area (Å²) in [6.07, 6.45) is 0. The third kappa shape index (κ3) is 3.43. The normalized spacial score (nSPS) is 10.7. The van der Waals surface area contributed by atoms with E-state index in [9.17, 15) is 0 Å². The molecule has 0 atom stereocenters. The van der Waals surface area contributed by atoms with Crippen molar-refractivity contribution in [3.8, 4) is 23.0 Å². The minimum atomic E-state index is 0.398. The molecule has 0 spiro atoms. The molecule has 0 bridgehead atoms. The first-order chi connectivity index (χ1) is 11.5. The van der Waals surface area contributed by atoms with Crippen LogP contribution in [0.3, 0.4) is 0 Å². The zero-order chi connectivity index (χ0) is 17.7. The van der Waals surface area contributed by atoms with Crippen molar-refractivity contribution in [2.24, 2.45) is 10.2 Å². The molecular formula is C16H20N4O4.